The summed E-state index contributed by atoms with van der Waals surface area (Å²) >= 11 is 0. The van der Waals surface area contributed by atoms with E-state index in [-0.39, 0.29) is 18.4 Å². The molecule has 0 heterocycles. The number of ether oxygens (including phenoxy) is 1. The lowest BCUT2D eigenvalue weighted by molar-refractivity contribution is -0.123. The van der Waals surface area contributed by atoms with Crippen molar-refractivity contribution >= 4 is 23.2 Å². The highest BCUT2D eigenvalue weighted by Gasteiger charge is 2.22. The van der Waals surface area contributed by atoms with E-state index in [1.807, 2.05) is 33.8 Å². The summed E-state index contributed by atoms with van der Waals surface area (Å²) in [4.78, 5) is 24.0. The number of aryl methyl sites for hydroxylation is 1. The van der Waals surface area contributed by atoms with Gasteiger partial charge in [0.2, 0.25) is 11.8 Å². The predicted octanol–water partition coefficient (Wildman–Crippen LogP) is 1.89. The minimum atomic E-state index is -0.737. The summed E-state index contributed by atoms with van der Waals surface area (Å²) in [5, 5.41) is 5.58. The average molecular weight is 307 g/mol. The van der Waals surface area contributed by atoms with Crippen LogP contribution in [0.5, 0.6) is 0 Å². The highest BCUT2D eigenvalue weighted by molar-refractivity contribution is 5.98. The van der Waals surface area contributed by atoms with Gasteiger partial charge in [0.15, 0.2) is 0 Å². The number of amides is 2. The number of hydrogen-bond donors (Lipinski definition) is 3. The molecular weight excluding hydrogens is 282 g/mol. The Balaban J connectivity index is 2.86. The average Bonchev–Trinajstić information content (AvgIpc) is 2.41. The number of anilines is 2. The summed E-state index contributed by atoms with van der Waals surface area (Å²) < 4.78 is 4.85. The van der Waals surface area contributed by atoms with Crippen LogP contribution in [-0.2, 0) is 14.3 Å². The second-order valence-electron chi connectivity index (χ2n) is 6.28. The third kappa shape index (κ3) is 5.13. The molecule has 0 aromatic heterocycles. The molecule has 2 amide bonds. The smallest absolute Gasteiger partial charge is 0.243 e. The zero-order chi connectivity index (χ0) is 16.9. The zero-order valence-corrected chi connectivity index (χ0v) is 13.8. The first kappa shape index (κ1) is 18.1. The molecule has 0 spiro atoms. The molecule has 1 unspecified atom stereocenters. The van der Waals surface area contributed by atoms with Crippen molar-refractivity contribution in [1.82, 2.24) is 0 Å². The Labute approximate surface area is 131 Å². The molecule has 4 N–H and O–H groups in total. The molecule has 1 atom stereocenters. The molecule has 0 saturated heterocycles. The lowest BCUT2D eigenvalue weighted by atomic mass is 9.95. The summed E-state index contributed by atoms with van der Waals surface area (Å²) in [6.07, 6.45) is 0. The second kappa shape index (κ2) is 7.38. The number of nitrogens with two attached hydrogens (primary N) is 1. The number of carbonyl (C=O) groups is 2. The van der Waals surface area contributed by atoms with Crippen molar-refractivity contribution in [3.63, 3.8) is 0 Å². The Morgan fingerprint density at radius 3 is 2.45 bits per heavy atom. The number of carbonyl (C=O) groups excluding carboxylic acids is 2. The number of rotatable bonds is 5. The molecule has 6 heteroatoms. The van der Waals surface area contributed by atoms with Gasteiger partial charge in [0.1, 0.15) is 6.04 Å². The van der Waals surface area contributed by atoms with Gasteiger partial charge in [-0.2, -0.15) is 0 Å². The Morgan fingerprint density at radius 1 is 1.27 bits per heavy atom. The molecule has 1 aromatic rings. The molecule has 22 heavy (non-hydrogen) atoms. The minimum absolute atomic E-state index is 0.0878. The van der Waals surface area contributed by atoms with Crippen LogP contribution in [-0.4, -0.2) is 31.6 Å². The Hall–Kier alpha value is -1.92. The SMILES string of the molecule is COCC(N)C(=O)Nc1ccc(C)c(NC(=O)C(C)(C)C)c1. The number of benzene rings is 1. The Kier molecular flexibility index (Phi) is 6.08. The van der Waals surface area contributed by atoms with Gasteiger partial charge in [-0.25, -0.2) is 0 Å². The van der Waals surface area contributed by atoms with Gasteiger partial charge in [-0.15, -0.1) is 0 Å². The molecule has 0 saturated carbocycles. The molecule has 1 rings (SSSR count). The number of nitrogens with one attached hydrogen (secondary N) is 2. The maximum atomic E-state index is 12.1. The van der Waals surface area contributed by atoms with Gasteiger partial charge in [0.25, 0.3) is 0 Å². The van der Waals surface area contributed by atoms with Crippen molar-refractivity contribution in [2.24, 2.45) is 11.1 Å². The quantitative estimate of drug-likeness (QED) is 0.774. The fourth-order valence-corrected chi connectivity index (χ4v) is 1.63. The van der Waals surface area contributed by atoms with Crippen LogP contribution >= 0.6 is 0 Å². The van der Waals surface area contributed by atoms with Crippen LogP contribution < -0.4 is 16.4 Å². The third-order valence-corrected chi connectivity index (χ3v) is 3.12. The van der Waals surface area contributed by atoms with Gasteiger partial charge in [0.05, 0.1) is 6.61 Å². The summed E-state index contributed by atoms with van der Waals surface area (Å²) in [6.45, 7) is 7.55. The molecule has 0 aliphatic carbocycles. The molecule has 0 radical (unpaired) electrons. The van der Waals surface area contributed by atoms with Crippen LogP contribution in [0.25, 0.3) is 0 Å². The zero-order valence-electron chi connectivity index (χ0n) is 13.8. The molecule has 0 aliphatic heterocycles. The van der Waals surface area contributed by atoms with Gasteiger partial charge in [-0.3, -0.25) is 9.59 Å². The van der Waals surface area contributed by atoms with E-state index in [9.17, 15) is 9.59 Å². The van der Waals surface area contributed by atoms with Crippen LogP contribution in [0.1, 0.15) is 26.3 Å². The molecule has 0 fully saturated rings. The van der Waals surface area contributed by atoms with E-state index in [1.165, 1.54) is 7.11 Å². The highest BCUT2D eigenvalue weighted by atomic mass is 16.5. The highest BCUT2D eigenvalue weighted by Crippen LogP contribution is 2.23. The minimum Gasteiger partial charge on any atom is -0.383 e. The van der Waals surface area contributed by atoms with Gasteiger partial charge in [-0.05, 0) is 24.6 Å². The van der Waals surface area contributed by atoms with Crippen LogP contribution in [0.4, 0.5) is 11.4 Å². The lowest BCUT2D eigenvalue weighted by Crippen LogP contribution is -2.39. The van der Waals surface area contributed by atoms with E-state index in [2.05, 4.69) is 10.6 Å². The van der Waals surface area contributed by atoms with Gasteiger partial charge >= 0.3 is 0 Å². The van der Waals surface area contributed by atoms with Crippen molar-refractivity contribution < 1.29 is 14.3 Å². The summed E-state index contributed by atoms with van der Waals surface area (Å²) in [6, 6.07) is 4.57. The van der Waals surface area contributed by atoms with Gasteiger partial charge in [0, 0.05) is 23.9 Å². The van der Waals surface area contributed by atoms with E-state index >= 15 is 0 Å². The van der Waals surface area contributed by atoms with Crippen LogP contribution in [0.15, 0.2) is 18.2 Å². The summed E-state index contributed by atoms with van der Waals surface area (Å²) in [5.74, 6) is -0.422. The molecular formula is C16H25N3O3. The maximum absolute atomic E-state index is 12.1. The standard InChI is InChI=1S/C16H25N3O3/c1-10-6-7-11(18-14(20)12(17)9-22-5)8-13(10)19-15(21)16(2,3)4/h6-8,12H,9,17H2,1-5H3,(H,18,20)(H,19,21). The fourth-order valence-electron chi connectivity index (χ4n) is 1.63. The van der Waals surface area contributed by atoms with Crippen molar-refractivity contribution in [2.75, 3.05) is 24.4 Å². The molecule has 6 nitrogen and oxygen atoms in total. The largest absolute Gasteiger partial charge is 0.383 e. The van der Waals surface area contributed by atoms with Gasteiger partial charge in [-0.1, -0.05) is 26.8 Å². The van der Waals surface area contributed by atoms with Crippen LogP contribution in [0.2, 0.25) is 0 Å². The Morgan fingerprint density at radius 2 is 1.91 bits per heavy atom. The molecule has 122 valence electrons. The normalized spacial score (nSPS) is 12.6. The maximum Gasteiger partial charge on any atom is 0.243 e. The molecule has 0 bridgehead atoms. The van der Waals surface area contributed by atoms with E-state index in [0.717, 1.165) is 5.56 Å². The van der Waals surface area contributed by atoms with Crippen LogP contribution in [0, 0.1) is 12.3 Å². The first-order chi connectivity index (χ1) is 10.1. The van der Waals surface area contributed by atoms with Crippen LogP contribution in [0.3, 0.4) is 0 Å². The number of methoxy groups -OCH3 is 1. The van der Waals surface area contributed by atoms with E-state index in [0.29, 0.717) is 11.4 Å². The first-order valence-corrected chi connectivity index (χ1v) is 7.12. The van der Waals surface area contributed by atoms with Crippen molar-refractivity contribution in [1.29, 1.82) is 0 Å². The van der Waals surface area contributed by atoms with E-state index < -0.39 is 11.5 Å². The second-order valence-corrected chi connectivity index (χ2v) is 6.28. The lowest BCUT2D eigenvalue weighted by Gasteiger charge is -2.19. The third-order valence-electron chi connectivity index (χ3n) is 3.12. The fraction of sp³-hybridized carbons (Fsp3) is 0.500. The Bertz CT molecular complexity index is 550. The van der Waals surface area contributed by atoms with Crippen molar-refractivity contribution in [3.05, 3.63) is 23.8 Å². The van der Waals surface area contributed by atoms with Crippen molar-refractivity contribution in [3.8, 4) is 0 Å². The summed E-state index contributed by atoms with van der Waals surface area (Å²) in [5.41, 5.74) is 7.33. The van der Waals surface area contributed by atoms with E-state index in [4.69, 9.17) is 10.5 Å². The first-order valence-electron chi connectivity index (χ1n) is 7.12. The van der Waals surface area contributed by atoms with E-state index in [1.54, 1.807) is 12.1 Å². The van der Waals surface area contributed by atoms with Crippen molar-refractivity contribution in [2.45, 2.75) is 33.7 Å². The number of hydrogen-bond acceptors (Lipinski definition) is 4. The van der Waals surface area contributed by atoms with Gasteiger partial charge < -0.3 is 21.1 Å². The monoisotopic (exact) mass is 307 g/mol. The summed E-state index contributed by atoms with van der Waals surface area (Å²) in [7, 11) is 1.49. The topological polar surface area (TPSA) is 93.4 Å². The predicted molar refractivity (Wildman–Crippen MR) is 87.7 cm³/mol. The molecule has 1 aromatic carbocycles. The molecule has 0 aliphatic rings.